The van der Waals surface area contributed by atoms with Crippen LogP contribution in [0.15, 0.2) is 67.0 Å². The second-order valence-corrected chi connectivity index (χ2v) is 9.05. The van der Waals surface area contributed by atoms with E-state index < -0.39 is 58.7 Å². The van der Waals surface area contributed by atoms with E-state index in [4.69, 9.17) is 11.1 Å². The number of ether oxygens (including phenoxy) is 2. The first-order chi connectivity index (χ1) is 20.2. The number of nitrogens with zero attached hydrogens (tertiary/aromatic N) is 2. The van der Waals surface area contributed by atoms with E-state index in [2.05, 4.69) is 14.5 Å². The zero-order chi connectivity index (χ0) is 31.5. The van der Waals surface area contributed by atoms with E-state index in [9.17, 15) is 40.7 Å². The van der Waals surface area contributed by atoms with Gasteiger partial charge in [0, 0.05) is 31.0 Å². The van der Waals surface area contributed by atoms with E-state index in [1.165, 1.54) is 11.0 Å². The molecular weight excluding hydrogens is 586 g/mol. The van der Waals surface area contributed by atoms with Gasteiger partial charge in [-0.1, -0.05) is 24.3 Å². The molecule has 1 aliphatic rings. The maximum atomic E-state index is 13.1. The number of amides is 1. The van der Waals surface area contributed by atoms with E-state index in [1.54, 1.807) is 42.7 Å². The van der Waals surface area contributed by atoms with Gasteiger partial charge in [0.15, 0.2) is 5.75 Å². The third-order valence-electron chi connectivity index (χ3n) is 6.21. The second-order valence-electron chi connectivity index (χ2n) is 9.05. The Morgan fingerprint density at radius 2 is 1.53 bits per heavy atom. The lowest BCUT2D eigenvalue weighted by Gasteiger charge is -2.28. The van der Waals surface area contributed by atoms with Crippen LogP contribution in [0.5, 0.6) is 11.5 Å². The number of carbonyl (C=O) groups is 3. The quantitative estimate of drug-likeness (QED) is 0.134. The van der Waals surface area contributed by atoms with Crippen LogP contribution >= 0.6 is 0 Å². The maximum Gasteiger partial charge on any atom is 0.491 e. The van der Waals surface area contributed by atoms with Gasteiger partial charge in [-0.15, -0.1) is 0 Å². The average Bonchev–Trinajstić information content (AvgIpc) is 2.96. The van der Waals surface area contributed by atoms with Crippen LogP contribution in [0.4, 0.5) is 26.3 Å². The number of hydrogen-bond acceptors (Lipinski definition) is 7. The monoisotopic (exact) mass is 606 g/mol. The first kappa shape index (κ1) is 30.7. The fourth-order valence-corrected chi connectivity index (χ4v) is 4.18. The van der Waals surface area contributed by atoms with Crippen molar-refractivity contribution in [2.45, 2.75) is 18.8 Å². The van der Waals surface area contributed by atoms with Crippen molar-refractivity contribution in [3.8, 4) is 22.6 Å². The normalized spacial score (nSPS) is 13.6. The lowest BCUT2D eigenvalue weighted by atomic mass is 9.94. The molecule has 9 nitrogen and oxygen atoms in total. The smallest absolute Gasteiger partial charge is 0.419 e. The molecule has 0 radical (unpaired) electrons. The molecule has 4 rings (SSSR count). The number of pyridine rings is 1. The number of aromatic nitrogens is 1. The molecule has 0 atom stereocenters. The summed E-state index contributed by atoms with van der Waals surface area (Å²) >= 11 is 0. The van der Waals surface area contributed by atoms with Crippen LogP contribution in [0.2, 0.25) is 0 Å². The van der Waals surface area contributed by atoms with Crippen LogP contribution in [0.3, 0.4) is 0 Å². The molecule has 3 N–H and O–H groups in total. The van der Waals surface area contributed by atoms with Gasteiger partial charge in [0.2, 0.25) is 0 Å². The number of nitrogen functional groups attached to an aromatic ring is 1. The zero-order valence-corrected chi connectivity index (χ0v) is 21.8. The van der Waals surface area contributed by atoms with Crippen molar-refractivity contribution in [2.24, 2.45) is 5.73 Å². The standard InChI is InChI=1S/C28H20F6N4O5/c29-27(30,31)25(40)42-20-8-7-19(23(35)36)22(43-26(41)28(32,33)34)21(20)16-9-12-38(13-10-16)24(39)17-5-3-15(4-6-17)18-2-1-11-37-14-18/h1-9,11,14H,10,12-13H2,(H3,35,36). The number of amidine groups is 1. The molecule has 15 heteroatoms. The van der Waals surface area contributed by atoms with Crippen LogP contribution in [-0.4, -0.2) is 59.0 Å². The zero-order valence-electron chi connectivity index (χ0n) is 21.8. The predicted molar refractivity (Wildman–Crippen MR) is 139 cm³/mol. The summed E-state index contributed by atoms with van der Waals surface area (Å²) < 4.78 is 87.1. The van der Waals surface area contributed by atoms with Crippen LogP contribution in [0.25, 0.3) is 16.7 Å². The van der Waals surface area contributed by atoms with E-state index in [1.807, 2.05) is 6.07 Å². The Morgan fingerprint density at radius 3 is 2.07 bits per heavy atom. The maximum absolute atomic E-state index is 13.1. The Labute approximate surface area is 239 Å². The van der Waals surface area contributed by atoms with Gasteiger partial charge < -0.3 is 20.1 Å². The number of carbonyl (C=O) groups excluding carboxylic acids is 3. The number of nitrogens with one attached hydrogen (secondary N) is 1. The summed E-state index contributed by atoms with van der Waals surface area (Å²) in [6, 6.07) is 11.7. The van der Waals surface area contributed by atoms with Crippen molar-refractivity contribution < 1.29 is 50.2 Å². The molecule has 43 heavy (non-hydrogen) atoms. The summed E-state index contributed by atoms with van der Waals surface area (Å²) in [6.07, 6.45) is -6.62. The molecule has 0 saturated carbocycles. The molecule has 224 valence electrons. The van der Waals surface area contributed by atoms with Gasteiger partial charge in [0.25, 0.3) is 5.91 Å². The topological polar surface area (TPSA) is 136 Å². The molecule has 1 aliphatic heterocycles. The van der Waals surface area contributed by atoms with Gasteiger partial charge >= 0.3 is 24.3 Å². The second kappa shape index (κ2) is 12.0. The van der Waals surface area contributed by atoms with Crippen LogP contribution in [-0.2, 0) is 9.59 Å². The highest BCUT2D eigenvalue weighted by atomic mass is 19.4. The Morgan fingerprint density at radius 1 is 0.884 bits per heavy atom. The first-order valence-corrected chi connectivity index (χ1v) is 12.3. The lowest BCUT2D eigenvalue weighted by Crippen LogP contribution is -2.35. The van der Waals surface area contributed by atoms with Gasteiger partial charge in [-0.25, -0.2) is 9.59 Å². The van der Waals surface area contributed by atoms with E-state index in [-0.39, 0.29) is 25.1 Å². The molecule has 1 amide bonds. The SMILES string of the molecule is N=C(N)c1ccc(OC(=O)C(F)(F)F)c(C2=CCN(C(=O)c3ccc(-c4cccnc4)cc3)CC2)c1OC(=O)C(F)(F)F. The van der Waals surface area contributed by atoms with Crippen molar-refractivity contribution in [3.05, 3.63) is 83.7 Å². The van der Waals surface area contributed by atoms with E-state index in [0.717, 1.165) is 23.3 Å². The molecule has 3 aromatic rings. The van der Waals surface area contributed by atoms with Gasteiger partial charge in [-0.05, 0) is 53.5 Å². The Bertz CT molecular complexity index is 1600. The fourth-order valence-electron chi connectivity index (χ4n) is 4.18. The highest BCUT2D eigenvalue weighted by molar-refractivity contribution is 6.02. The molecule has 2 aromatic carbocycles. The van der Waals surface area contributed by atoms with Crippen LogP contribution in [0, 0.1) is 5.41 Å². The van der Waals surface area contributed by atoms with E-state index in [0.29, 0.717) is 5.56 Å². The van der Waals surface area contributed by atoms with Gasteiger partial charge in [-0.2, -0.15) is 26.3 Å². The summed E-state index contributed by atoms with van der Waals surface area (Å²) in [5.41, 5.74) is 6.15. The summed E-state index contributed by atoms with van der Waals surface area (Å²) in [5.74, 6) is -8.67. The molecule has 0 unspecified atom stereocenters. The van der Waals surface area contributed by atoms with Crippen molar-refractivity contribution in [1.29, 1.82) is 5.41 Å². The average molecular weight is 606 g/mol. The third-order valence-corrected chi connectivity index (χ3v) is 6.21. The summed E-state index contributed by atoms with van der Waals surface area (Å²) in [6.45, 7) is -0.235. The van der Waals surface area contributed by atoms with Crippen LogP contribution in [0.1, 0.15) is 27.9 Å². The molecule has 0 aliphatic carbocycles. The Kier molecular flexibility index (Phi) is 8.55. The number of nitrogens with two attached hydrogens (primary N) is 1. The highest BCUT2D eigenvalue weighted by Crippen LogP contribution is 2.42. The predicted octanol–water partition coefficient (Wildman–Crippen LogP) is 4.90. The van der Waals surface area contributed by atoms with Crippen molar-refractivity contribution >= 4 is 29.3 Å². The molecular formula is C28H20F6N4O5. The third kappa shape index (κ3) is 6.99. The fraction of sp³-hybridized carbons (Fsp3) is 0.179. The molecule has 0 fully saturated rings. The molecule has 0 bridgehead atoms. The number of esters is 2. The number of alkyl halides is 6. The molecule has 1 aromatic heterocycles. The van der Waals surface area contributed by atoms with Crippen molar-refractivity contribution in [1.82, 2.24) is 9.88 Å². The number of rotatable bonds is 6. The molecule has 2 heterocycles. The summed E-state index contributed by atoms with van der Waals surface area (Å²) in [5, 5.41) is 7.69. The minimum absolute atomic E-state index is 0.0194. The number of halogens is 6. The van der Waals surface area contributed by atoms with Crippen molar-refractivity contribution in [3.63, 3.8) is 0 Å². The minimum atomic E-state index is -5.53. The number of benzene rings is 2. The Hall–Kier alpha value is -5.21. The highest BCUT2D eigenvalue weighted by Gasteiger charge is 2.44. The van der Waals surface area contributed by atoms with E-state index >= 15 is 0 Å². The first-order valence-electron chi connectivity index (χ1n) is 12.3. The van der Waals surface area contributed by atoms with Gasteiger partial charge in [-0.3, -0.25) is 15.2 Å². The summed E-state index contributed by atoms with van der Waals surface area (Å²) in [4.78, 5) is 41.9. The van der Waals surface area contributed by atoms with Crippen molar-refractivity contribution in [2.75, 3.05) is 13.1 Å². The minimum Gasteiger partial charge on any atom is -0.419 e. The lowest BCUT2D eigenvalue weighted by molar-refractivity contribution is -0.190. The molecule has 0 spiro atoms. The summed E-state index contributed by atoms with van der Waals surface area (Å²) in [7, 11) is 0. The Balaban J connectivity index is 1.69. The molecule has 0 saturated heterocycles. The number of hydrogen-bond donors (Lipinski definition) is 2. The van der Waals surface area contributed by atoms with Gasteiger partial charge in [0.1, 0.15) is 11.6 Å². The van der Waals surface area contributed by atoms with Gasteiger partial charge in [0.05, 0.1) is 11.1 Å². The largest absolute Gasteiger partial charge is 0.491 e. The van der Waals surface area contributed by atoms with Crippen LogP contribution < -0.4 is 15.2 Å².